The number of amides is 2. The van der Waals surface area contributed by atoms with Gasteiger partial charge in [0.25, 0.3) is 5.91 Å². The maximum absolute atomic E-state index is 12.8. The molecule has 2 saturated heterocycles. The molecule has 0 bridgehead atoms. The van der Waals surface area contributed by atoms with Crippen LogP contribution in [0.15, 0.2) is 30.6 Å². The van der Waals surface area contributed by atoms with Crippen LogP contribution in [0.5, 0.6) is 0 Å². The predicted octanol–water partition coefficient (Wildman–Crippen LogP) is 1.53. The lowest BCUT2D eigenvalue weighted by Crippen LogP contribution is -2.48. The van der Waals surface area contributed by atoms with Gasteiger partial charge in [0.05, 0.1) is 5.69 Å². The van der Waals surface area contributed by atoms with Crippen molar-refractivity contribution in [3.8, 4) is 11.3 Å². The van der Waals surface area contributed by atoms with E-state index in [1.54, 1.807) is 23.4 Å². The van der Waals surface area contributed by atoms with Crippen molar-refractivity contribution in [2.45, 2.75) is 31.7 Å². The van der Waals surface area contributed by atoms with Gasteiger partial charge in [-0.2, -0.15) is 5.10 Å². The molecular weight excluding hydrogens is 368 g/mol. The molecule has 0 unspecified atom stereocenters. The number of H-pyrrole nitrogens is 1. The molecule has 0 aliphatic carbocycles. The molecule has 29 heavy (non-hydrogen) atoms. The van der Waals surface area contributed by atoms with Gasteiger partial charge < -0.3 is 15.1 Å². The number of hydrogen-bond acceptors (Lipinski definition) is 5. The number of aromatic nitrogens is 3. The number of aromatic amines is 1. The quantitative estimate of drug-likeness (QED) is 0.818. The molecule has 0 atom stereocenters. The Morgan fingerprint density at radius 3 is 2.45 bits per heavy atom. The SMILES string of the molecule is CN1CCC(NC(=O)C2CCN(C(=O)c3cc(-c4ccncc4)[nH]n3)CC2)CC1. The van der Waals surface area contributed by atoms with Crippen LogP contribution in [-0.4, -0.2) is 76.1 Å². The molecule has 8 heteroatoms. The van der Waals surface area contributed by atoms with E-state index in [9.17, 15) is 9.59 Å². The third kappa shape index (κ3) is 4.64. The number of carbonyl (C=O) groups excluding carboxylic acids is 2. The molecule has 8 nitrogen and oxygen atoms in total. The Labute approximate surface area is 170 Å². The first-order chi connectivity index (χ1) is 14.1. The first kappa shape index (κ1) is 19.6. The smallest absolute Gasteiger partial charge is 0.274 e. The highest BCUT2D eigenvalue weighted by Crippen LogP contribution is 2.22. The van der Waals surface area contributed by atoms with Gasteiger partial charge in [0, 0.05) is 43.0 Å². The monoisotopic (exact) mass is 396 g/mol. The third-order valence-corrected chi connectivity index (χ3v) is 6.01. The molecule has 2 aliphatic rings. The van der Waals surface area contributed by atoms with Crippen LogP contribution >= 0.6 is 0 Å². The van der Waals surface area contributed by atoms with E-state index in [4.69, 9.17) is 0 Å². The second-order valence-electron chi connectivity index (χ2n) is 8.06. The summed E-state index contributed by atoms with van der Waals surface area (Å²) >= 11 is 0. The van der Waals surface area contributed by atoms with Crippen LogP contribution in [0.25, 0.3) is 11.3 Å². The Morgan fingerprint density at radius 1 is 1.07 bits per heavy atom. The van der Waals surface area contributed by atoms with Crippen LogP contribution in [0.4, 0.5) is 0 Å². The van der Waals surface area contributed by atoms with E-state index in [2.05, 4.69) is 32.4 Å². The maximum Gasteiger partial charge on any atom is 0.274 e. The first-order valence-electron chi connectivity index (χ1n) is 10.3. The van der Waals surface area contributed by atoms with Crippen molar-refractivity contribution in [3.05, 3.63) is 36.3 Å². The number of likely N-dealkylation sites (tertiary alicyclic amines) is 2. The van der Waals surface area contributed by atoms with Crippen molar-refractivity contribution in [3.63, 3.8) is 0 Å². The van der Waals surface area contributed by atoms with Crippen LogP contribution in [0.3, 0.4) is 0 Å². The van der Waals surface area contributed by atoms with Crippen LogP contribution in [-0.2, 0) is 4.79 Å². The summed E-state index contributed by atoms with van der Waals surface area (Å²) in [6, 6.07) is 5.80. The second kappa shape index (κ2) is 8.73. The van der Waals surface area contributed by atoms with E-state index in [1.807, 2.05) is 12.1 Å². The molecule has 0 spiro atoms. The zero-order valence-corrected chi connectivity index (χ0v) is 16.8. The number of carbonyl (C=O) groups is 2. The molecule has 154 valence electrons. The summed E-state index contributed by atoms with van der Waals surface area (Å²) in [6.07, 6.45) is 6.84. The van der Waals surface area contributed by atoms with E-state index in [0.717, 1.165) is 37.2 Å². The summed E-state index contributed by atoms with van der Waals surface area (Å²) in [5, 5.41) is 10.3. The Kier molecular flexibility index (Phi) is 5.89. The average Bonchev–Trinajstić information content (AvgIpc) is 3.26. The first-order valence-corrected chi connectivity index (χ1v) is 10.3. The predicted molar refractivity (Wildman–Crippen MR) is 109 cm³/mol. The number of pyridine rings is 1. The molecule has 4 rings (SSSR count). The maximum atomic E-state index is 12.8. The highest BCUT2D eigenvalue weighted by Gasteiger charge is 2.30. The molecule has 0 aromatic carbocycles. The third-order valence-electron chi connectivity index (χ3n) is 6.01. The highest BCUT2D eigenvalue weighted by molar-refractivity contribution is 5.93. The fourth-order valence-electron chi connectivity index (χ4n) is 4.09. The minimum atomic E-state index is -0.0873. The van der Waals surface area contributed by atoms with Crippen molar-refractivity contribution in [1.82, 2.24) is 30.3 Å². The van der Waals surface area contributed by atoms with Gasteiger partial charge in [-0.25, -0.2) is 0 Å². The van der Waals surface area contributed by atoms with Gasteiger partial charge in [-0.05, 0) is 64.0 Å². The molecular formula is C21H28N6O2. The Hall–Kier alpha value is -2.74. The van der Waals surface area contributed by atoms with Crippen LogP contribution in [0.2, 0.25) is 0 Å². The lowest BCUT2D eigenvalue weighted by atomic mass is 9.94. The van der Waals surface area contributed by atoms with Gasteiger partial charge in [0.2, 0.25) is 5.91 Å². The number of piperidine rings is 2. The molecule has 2 aromatic heterocycles. The minimum absolute atomic E-state index is 0.00901. The normalized spacial score (nSPS) is 19.3. The summed E-state index contributed by atoms with van der Waals surface area (Å²) in [5.74, 6) is 0.0485. The van der Waals surface area contributed by atoms with Gasteiger partial charge in [-0.3, -0.25) is 19.7 Å². The Morgan fingerprint density at radius 2 is 1.76 bits per heavy atom. The fourth-order valence-corrected chi connectivity index (χ4v) is 4.09. The molecule has 4 heterocycles. The van der Waals surface area contributed by atoms with Gasteiger partial charge >= 0.3 is 0 Å². The minimum Gasteiger partial charge on any atom is -0.353 e. The van der Waals surface area contributed by atoms with Crippen LogP contribution < -0.4 is 5.32 Å². The van der Waals surface area contributed by atoms with Crippen molar-refractivity contribution < 1.29 is 9.59 Å². The number of hydrogen-bond donors (Lipinski definition) is 2. The number of nitrogens with zero attached hydrogens (tertiary/aromatic N) is 4. The second-order valence-corrected chi connectivity index (χ2v) is 8.06. The summed E-state index contributed by atoms with van der Waals surface area (Å²) in [4.78, 5) is 33.5. The van der Waals surface area contributed by atoms with E-state index in [1.165, 1.54) is 0 Å². The van der Waals surface area contributed by atoms with E-state index >= 15 is 0 Å². The summed E-state index contributed by atoms with van der Waals surface area (Å²) in [6.45, 7) is 3.23. The van der Waals surface area contributed by atoms with Crippen LogP contribution in [0, 0.1) is 5.92 Å². The van der Waals surface area contributed by atoms with E-state index in [0.29, 0.717) is 31.6 Å². The Balaban J connectivity index is 1.28. The molecule has 2 amide bonds. The fraction of sp³-hybridized carbons (Fsp3) is 0.524. The van der Waals surface area contributed by atoms with Gasteiger partial charge in [0.1, 0.15) is 0 Å². The summed E-state index contributed by atoms with van der Waals surface area (Å²) < 4.78 is 0. The molecule has 0 radical (unpaired) electrons. The van der Waals surface area contributed by atoms with Crippen LogP contribution in [0.1, 0.15) is 36.2 Å². The summed E-state index contributed by atoms with van der Waals surface area (Å²) in [5.41, 5.74) is 2.14. The largest absolute Gasteiger partial charge is 0.353 e. The average molecular weight is 396 g/mol. The summed E-state index contributed by atoms with van der Waals surface area (Å²) in [7, 11) is 2.12. The van der Waals surface area contributed by atoms with Crippen molar-refractivity contribution >= 4 is 11.8 Å². The van der Waals surface area contributed by atoms with Gasteiger partial charge in [0.15, 0.2) is 5.69 Å². The molecule has 2 aromatic rings. The molecule has 2 aliphatic heterocycles. The molecule has 2 fully saturated rings. The highest BCUT2D eigenvalue weighted by atomic mass is 16.2. The van der Waals surface area contributed by atoms with Gasteiger partial charge in [-0.15, -0.1) is 0 Å². The zero-order valence-electron chi connectivity index (χ0n) is 16.8. The zero-order chi connectivity index (χ0) is 20.2. The lowest BCUT2D eigenvalue weighted by molar-refractivity contribution is -0.127. The number of nitrogens with one attached hydrogen (secondary N) is 2. The van der Waals surface area contributed by atoms with Crippen molar-refractivity contribution in [1.29, 1.82) is 0 Å². The van der Waals surface area contributed by atoms with Gasteiger partial charge in [-0.1, -0.05) is 0 Å². The van der Waals surface area contributed by atoms with Crippen molar-refractivity contribution in [2.75, 3.05) is 33.2 Å². The Bertz CT molecular complexity index is 836. The van der Waals surface area contributed by atoms with E-state index in [-0.39, 0.29) is 23.8 Å². The number of rotatable bonds is 4. The van der Waals surface area contributed by atoms with E-state index < -0.39 is 0 Å². The standard InChI is InChI=1S/C21H28N6O2/c1-26-10-6-17(7-11-26)23-20(28)16-4-12-27(13-5-16)21(29)19-14-18(24-25-19)15-2-8-22-9-3-15/h2-3,8-9,14,16-17H,4-7,10-13H2,1H3,(H,23,28)(H,24,25). The van der Waals surface area contributed by atoms with Crippen molar-refractivity contribution in [2.24, 2.45) is 5.92 Å². The lowest BCUT2D eigenvalue weighted by Gasteiger charge is -2.33. The molecule has 0 saturated carbocycles. The molecule has 2 N–H and O–H groups in total. The topological polar surface area (TPSA) is 94.2 Å².